The van der Waals surface area contributed by atoms with E-state index in [0.29, 0.717) is 19.6 Å². The highest BCUT2D eigenvalue weighted by molar-refractivity contribution is 5.98. The van der Waals surface area contributed by atoms with Gasteiger partial charge in [-0.3, -0.25) is 14.6 Å². The molecule has 1 aromatic heterocycles. The maximum atomic E-state index is 14.6. The van der Waals surface area contributed by atoms with Crippen LogP contribution in [0.3, 0.4) is 0 Å². The molecule has 0 spiro atoms. The van der Waals surface area contributed by atoms with Gasteiger partial charge in [-0.1, -0.05) is 13.0 Å². The van der Waals surface area contributed by atoms with Crippen molar-refractivity contribution in [3.8, 4) is 5.75 Å². The van der Waals surface area contributed by atoms with Gasteiger partial charge in [0.25, 0.3) is 11.8 Å². The number of alkyl halides is 3. The van der Waals surface area contributed by atoms with Gasteiger partial charge in [-0.2, -0.15) is 17.6 Å². The zero-order valence-electron chi connectivity index (χ0n) is 22.7. The number of benzene rings is 1. The number of methoxy groups -OCH3 is 1. The number of pyridine rings is 1. The number of piperazine rings is 1. The van der Waals surface area contributed by atoms with E-state index in [1.165, 1.54) is 25.3 Å². The van der Waals surface area contributed by atoms with E-state index in [-0.39, 0.29) is 28.9 Å². The molecule has 4 rings (SSSR count). The first-order chi connectivity index (χ1) is 18.7. The third-order valence-electron chi connectivity index (χ3n) is 7.91. The summed E-state index contributed by atoms with van der Waals surface area (Å²) in [7, 11) is 3.00. The molecule has 0 unspecified atom stereocenters. The quantitative estimate of drug-likeness (QED) is 0.542. The summed E-state index contributed by atoms with van der Waals surface area (Å²) in [6.45, 7) is 5.78. The number of nitrogens with zero attached hydrogens (tertiary/aromatic N) is 3. The van der Waals surface area contributed by atoms with Crippen LogP contribution in [0, 0.1) is 17.6 Å². The molecule has 5 atom stereocenters. The molecule has 40 heavy (non-hydrogen) atoms. The minimum Gasteiger partial charge on any atom is -0.493 e. The van der Waals surface area contributed by atoms with E-state index in [9.17, 15) is 31.5 Å². The van der Waals surface area contributed by atoms with E-state index >= 15 is 0 Å². The molecule has 2 aliphatic heterocycles. The van der Waals surface area contributed by atoms with Crippen molar-refractivity contribution >= 4 is 17.5 Å². The van der Waals surface area contributed by atoms with E-state index < -0.39 is 53.0 Å². The van der Waals surface area contributed by atoms with Crippen LogP contribution in [0.25, 0.3) is 0 Å². The Hall–Kier alpha value is -3.32. The minimum atomic E-state index is -4.89. The van der Waals surface area contributed by atoms with Crippen LogP contribution in [0.1, 0.15) is 42.7 Å². The lowest BCUT2D eigenvalue weighted by atomic mass is 9.77. The Morgan fingerprint density at radius 3 is 2.50 bits per heavy atom. The van der Waals surface area contributed by atoms with Crippen molar-refractivity contribution in [1.29, 1.82) is 0 Å². The molecule has 0 aliphatic carbocycles. The maximum absolute atomic E-state index is 14.6. The largest absolute Gasteiger partial charge is 0.493 e. The summed E-state index contributed by atoms with van der Waals surface area (Å²) in [4.78, 5) is 34.4. The number of hydrogen-bond acceptors (Lipinski definition) is 6. The highest BCUT2D eigenvalue weighted by Gasteiger charge is 2.66. The summed E-state index contributed by atoms with van der Waals surface area (Å²) in [5, 5.41) is 2.51. The monoisotopic (exact) mass is 570 g/mol. The normalized spacial score (nSPS) is 27.5. The number of nitrogens with one attached hydrogen (secondary N) is 1. The van der Waals surface area contributed by atoms with E-state index in [4.69, 9.17) is 9.47 Å². The van der Waals surface area contributed by atoms with Crippen LogP contribution in [-0.2, 0) is 9.53 Å². The predicted molar refractivity (Wildman–Crippen MR) is 135 cm³/mol. The van der Waals surface area contributed by atoms with Crippen molar-refractivity contribution < 1.29 is 41.0 Å². The van der Waals surface area contributed by atoms with E-state index in [2.05, 4.69) is 15.2 Å². The summed E-state index contributed by atoms with van der Waals surface area (Å²) in [6.07, 6.45) is -5.34. The zero-order valence-corrected chi connectivity index (χ0v) is 22.7. The van der Waals surface area contributed by atoms with Crippen molar-refractivity contribution in [1.82, 2.24) is 14.8 Å². The minimum absolute atomic E-state index is 0.0499. The topological polar surface area (TPSA) is 84.0 Å². The Bertz CT molecular complexity index is 1290. The second-order valence-electron chi connectivity index (χ2n) is 10.5. The maximum Gasteiger partial charge on any atom is 0.417 e. The molecule has 0 radical (unpaired) electrons. The van der Waals surface area contributed by atoms with Crippen molar-refractivity contribution in [3.63, 3.8) is 0 Å². The van der Waals surface area contributed by atoms with Gasteiger partial charge in [-0.15, -0.1) is 0 Å². The summed E-state index contributed by atoms with van der Waals surface area (Å²) in [5.74, 6) is -7.31. The lowest BCUT2D eigenvalue weighted by molar-refractivity contribution is -0.272. The lowest BCUT2D eigenvalue weighted by Gasteiger charge is -2.38. The summed E-state index contributed by atoms with van der Waals surface area (Å²) >= 11 is 0. The summed E-state index contributed by atoms with van der Waals surface area (Å²) in [5.41, 5.74) is -2.77. The van der Waals surface area contributed by atoms with Crippen LogP contribution in [-0.4, -0.2) is 84.3 Å². The first-order valence-corrected chi connectivity index (χ1v) is 12.7. The van der Waals surface area contributed by atoms with Gasteiger partial charge >= 0.3 is 6.18 Å². The van der Waals surface area contributed by atoms with Crippen molar-refractivity contribution in [2.75, 3.05) is 39.1 Å². The predicted octanol–water partition coefficient (Wildman–Crippen LogP) is 4.22. The first kappa shape index (κ1) is 29.7. The number of carbonyl (C=O) groups excluding carboxylic acids is 2. The number of aromatic nitrogens is 1. The van der Waals surface area contributed by atoms with Gasteiger partial charge < -0.3 is 24.6 Å². The van der Waals surface area contributed by atoms with Crippen LogP contribution in [0.2, 0.25) is 0 Å². The molecule has 13 heteroatoms. The SMILES string of the molecule is COc1c([C@H]2[C@H](C(=O)Nc3ccnc(C(=O)N4CCN(C)C[C@@H]4C)c3)O[C@@](C)(C(F)(F)F)[C@H]2C)ccc(F)c1F. The fourth-order valence-electron chi connectivity index (χ4n) is 5.47. The van der Waals surface area contributed by atoms with Gasteiger partial charge in [0.15, 0.2) is 17.2 Å². The Balaban J connectivity index is 1.65. The number of anilines is 1. The standard InChI is InChI=1S/C27H31F5N4O4/c1-14-13-35(4)10-11-36(14)25(38)19-12-16(8-9-33-19)34-24(37)23-20(15(2)26(3,40-23)27(30,31)32)17-6-7-18(28)21(29)22(17)39-5/h6-9,12,14-15,20,23H,10-11,13H2,1-5H3,(H,33,34,37)/t14-,15-,20-,23+,26+/m0/s1. The number of halogens is 5. The molecule has 0 saturated carbocycles. The van der Waals surface area contributed by atoms with Crippen LogP contribution in [0.4, 0.5) is 27.6 Å². The van der Waals surface area contributed by atoms with Gasteiger partial charge in [0, 0.05) is 55.0 Å². The van der Waals surface area contributed by atoms with Crippen LogP contribution in [0.5, 0.6) is 5.75 Å². The molecule has 2 aromatic rings. The molecule has 0 bridgehead atoms. The van der Waals surface area contributed by atoms with Crippen molar-refractivity contribution in [3.05, 3.63) is 53.4 Å². The second kappa shape index (κ2) is 10.9. The van der Waals surface area contributed by atoms with Crippen LogP contribution in [0.15, 0.2) is 30.5 Å². The van der Waals surface area contributed by atoms with E-state index in [0.717, 1.165) is 26.2 Å². The zero-order chi connectivity index (χ0) is 29.6. The van der Waals surface area contributed by atoms with E-state index in [1.807, 2.05) is 14.0 Å². The molecule has 1 N–H and O–H groups in total. The van der Waals surface area contributed by atoms with Gasteiger partial charge in [-0.05, 0) is 39.1 Å². The smallest absolute Gasteiger partial charge is 0.417 e. The summed E-state index contributed by atoms with van der Waals surface area (Å²) in [6, 6.07) is 4.49. The van der Waals surface area contributed by atoms with Gasteiger partial charge in [0.1, 0.15) is 11.8 Å². The number of ether oxygens (including phenoxy) is 2. The summed E-state index contributed by atoms with van der Waals surface area (Å²) < 4.78 is 81.4. The lowest BCUT2D eigenvalue weighted by Crippen LogP contribution is -2.52. The number of hydrogen-bond donors (Lipinski definition) is 1. The molecular formula is C27H31F5N4O4. The molecule has 3 heterocycles. The Morgan fingerprint density at radius 1 is 1.18 bits per heavy atom. The number of amides is 2. The van der Waals surface area contributed by atoms with Gasteiger partial charge in [0.05, 0.1) is 7.11 Å². The van der Waals surface area contributed by atoms with E-state index in [1.54, 1.807) is 4.90 Å². The first-order valence-electron chi connectivity index (χ1n) is 12.7. The average molecular weight is 571 g/mol. The highest BCUT2D eigenvalue weighted by Crippen LogP contribution is 2.55. The third-order valence-corrected chi connectivity index (χ3v) is 7.91. The highest BCUT2D eigenvalue weighted by atomic mass is 19.4. The molecule has 2 saturated heterocycles. The number of likely N-dealkylation sites (N-methyl/N-ethyl adjacent to an activating group) is 1. The third kappa shape index (κ3) is 5.24. The van der Waals surface area contributed by atoms with Crippen LogP contribution >= 0.6 is 0 Å². The molecule has 218 valence electrons. The Morgan fingerprint density at radius 2 is 1.88 bits per heavy atom. The van der Waals surface area contributed by atoms with Crippen LogP contribution < -0.4 is 10.1 Å². The average Bonchev–Trinajstić information content (AvgIpc) is 3.17. The van der Waals surface area contributed by atoms with Crippen molar-refractivity contribution in [2.45, 2.75) is 50.6 Å². The number of carbonyl (C=O) groups is 2. The molecular weight excluding hydrogens is 539 g/mol. The molecule has 2 fully saturated rings. The Labute approximate surface area is 228 Å². The molecule has 2 amide bonds. The van der Waals surface area contributed by atoms with Gasteiger partial charge in [-0.25, -0.2) is 4.39 Å². The Kier molecular flexibility index (Phi) is 8.10. The molecule has 8 nitrogen and oxygen atoms in total. The number of rotatable bonds is 5. The fourth-order valence-corrected chi connectivity index (χ4v) is 5.47. The molecule has 2 aliphatic rings. The fraction of sp³-hybridized carbons (Fsp3) is 0.519. The second-order valence-corrected chi connectivity index (χ2v) is 10.5. The molecule has 1 aromatic carbocycles. The van der Waals surface area contributed by atoms with Crippen molar-refractivity contribution in [2.24, 2.45) is 5.92 Å². The van der Waals surface area contributed by atoms with Gasteiger partial charge in [0.2, 0.25) is 5.82 Å².